The molecular weight excluding hydrogens is 309 g/mol. The number of benzene rings is 1. The lowest BCUT2D eigenvalue weighted by atomic mass is 10.1. The number of piperazine rings is 1. The molecule has 4 nitrogen and oxygen atoms in total. The summed E-state index contributed by atoms with van der Waals surface area (Å²) >= 11 is 11.9. The van der Waals surface area contributed by atoms with Gasteiger partial charge in [-0.1, -0.05) is 23.2 Å². The molecule has 2 aliphatic heterocycles. The van der Waals surface area contributed by atoms with Crippen LogP contribution in [-0.2, 0) is 0 Å². The molecule has 0 aromatic heterocycles. The number of nitrogens with one attached hydrogen (secondary N) is 1. The number of halogens is 2. The van der Waals surface area contributed by atoms with Crippen LogP contribution in [0, 0.1) is 0 Å². The average Bonchev–Trinajstić information content (AvgIpc) is 2.44. The molecule has 1 aromatic carbocycles. The van der Waals surface area contributed by atoms with E-state index in [1.807, 2.05) is 6.07 Å². The molecular formula is C15H21Cl2N3O. The lowest BCUT2D eigenvalue weighted by Gasteiger charge is -2.46. The molecule has 6 heteroatoms. The Kier molecular flexibility index (Phi) is 5.24. The van der Waals surface area contributed by atoms with E-state index >= 15 is 0 Å². The van der Waals surface area contributed by atoms with Crippen LogP contribution < -0.4 is 10.1 Å². The summed E-state index contributed by atoms with van der Waals surface area (Å²) < 4.78 is 5.72. The zero-order chi connectivity index (χ0) is 14.7. The second kappa shape index (κ2) is 7.16. The lowest BCUT2D eigenvalue weighted by Crippen LogP contribution is -2.63. The van der Waals surface area contributed by atoms with Crippen molar-refractivity contribution in [3.05, 3.63) is 28.2 Å². The van der Waals surface area contributed by atoms with Crippen LogP contribution in [0.4, 0.5) is 0 Å². The van der Waals surface area contributed by atoms with Gasteiger partial charge < -0.3 is 10.1 Å². The van der Waals surface area contributed by atoms with Gasteiger partial charge in [0, 0.05) is 56.9 Å². The van der Waals surface area contributed by atoms with E-state index in [0.29, 0.717) is 22.4 Å². The van der Waals surface area contributed by atoms with Gasteiger partial charge in [-0.05, 0) is 18.2 Å². The SMILES string of the molecule is Clc1ccc(OCCN2CC(N3CCNCC3)C2)c(Cl)c1. The summed E-state index contributed by atoms with van der Waals surface area (Å²) in [6.07, 6.45) is 0. The summed E-state index contributed by atoms with van der Waals surface area (Å²) in [4.78, 5) is 5.01. The highest BCUT2D eigenvalue weighted by Crippen LogP contribution is 2.27. The fraction of sp³-hybridized carbons (Fsp3) is 0.600. The van der Waals surface area contributed by atoms with Crippen LogP contribution in [0.2, 0.25) is 10.0 Å². The number of likely N-dealkylation sites (tertiary alicyclic amines) is 1. The summed E-state index contributed by atoms with van der Waals surface area (Å²) in [5.41, 5.74) is 0. The first-order valence-electron chi connectivity index (χ1n) is 7.47. The molecule has 0 atom stereocenters. The predicted octanol–water partition coefficient (Wildman–Crippen LogP) is 1.96. The molecule has 0 amide bonds. The quantitative estimate of drug-likeness (QED) is 0.893. The molecule has 21 heavy (non-hydrogen) atoms. The average molecular weight is 330 g/mol. The Balaban J connectivity index is 1.35. The largest absolute Gasteiger partial charge is 0.491 e. The minimum atomic E-state index is 0.574. The van der Waals surface area contributed by atoms with Crippen molar-refractivity contribution in [3.8, 4) is 5.75 Å². The fourth-order valence-corrected chi connectivity index (χ4v) is 3.34. The first kappa shape index (κ1) is 15.4. The Morgan fingerprint density at radius 2 is 1.95 bits per heavy atom. The van der Waals surface area contributed by atoms with E-state index in [4.69, 9.17) is 27.9 Å². The van der Waals surface area contributed by atoms with Crippen molar-refractivity contribution in [2.24, 2.45) is 0 Å². The highest BCUT2D eigenvalue weighted by molar-refractivity contribution is 6.35. The summed E-state index contributed by atoms with van der Waals surface area (Å²) in [6, 6.07) is 6.06. The van der Waals surface area contributed by atoms with Crippen LogP contribution in [0.25, 0.3) is 0 Å². The van der Waals surface area contributed by atoms with Crippen molar-refractivity contribution in [2.75, 3.05) is 52.4 Å². The first-order valence-corrected chi connectivity index (χ1v) is 8.23. The molecule has 116 valence electrons. The van der Waals surface area contributed by atoms with Gasteiger partial charge in [-0.2, -0.15) is 0 Å². The topological polar surface area (TPSA) is 27.7 Å². The third-order valence-electron chi connectivity index (χ3n) is 4.16. The molecule has 0 saturated carbocycles. The van der Waals surface area contributed by atoms with E-state index < -0.39 is 0 Å². The van der Waals surface area contributed by atoms with E-state index in [0.717, 1.165) is 38.8 Å². The molecule has 2 aliphatic rings. The summed E-state index contributed by atoms with van der Waals surface area (Å²) in [5, 5.41) is 4.60. The predicted molar refractivity (Wildman–Crippen MR) is 86.6 cm³/mol. The van der Waals surface area contributed by atoms with Crippen molar-refractivity contribution >= 4 is 23.2 Å². The zero-order valence-electron chi connectivity index (χ0n) is 12.0. The van der Waals surface area contributed by atoms with Gasteiger partial charge in [0.05, 0.1) is 5.02 Å². The van der Waals surface area contributed by atoms with Gasteiger partial charge in [0.15, 0.2) is 0 Å². The summed E-state index contributed by atoms with van der Waals surface area (Å²) in [7, 11) is 0. The van der Waals surface area contributed by atoms with Crippen molar-refractivity contribution in [1.82, 2.24) is 15.1 Å². The number of hydrogen-bond donors (Lipinski definition) is 1. The van der Waals surface area contributed by atoms with E-state index in [2.05, 4.69) is 15.1 Å². The van der Waals surface area contributed by atoms with Gasteiger partial charge in [0.2, 0.25) is 0 Å². The third-order valence-corrected chi connectivity index (χ3v) is 4.70. The molecule has 2 heterocycles. The maximum absolute atomic E-state index is 6.08. The van der Waals surface area contributed by atoms with E-state index in [1.54, 1.807) is 12.1 Å². The molecule has 0 bridgehead atoms. The molecule has 0 unspecified atom stereocenters. The van der Waals surface area contributed by atoms with Crippen molar-refractivity contribution in [1.29, 1.82) is 0 Å². The van der Waals surface area contributed by atoms with Crippen LogP contribution in [0.5, 0.6) is 5.75 Å². The van der Waals surface area contributed by atoms with Crippen molar-refractivity contribution in [3.63, 3.8) is 0 Å². The van der Waals surface area contributed by atoms with Gasteiger partial charge >= 0.3 is 0 Å². The molecule has 2 saturated heterocycles. The molecule has 0 radical (unpaired) electrons. The summed E-state index contributed by atoms with van der Waals surface area (Å²) in [6.45, 7) is 8.50. The number of nitrogens with zero attached hydrogens (tertiary/aromatic N) is 2. The Labute approximate surface area is 135 Å². The second-order valence-corrected chi connectivity index (χ2v) is 6.47. The van der Waals surface area contributed by atoms with Crippen LogP contribution in [0.15, 0.2) is 18.2 Å². The van der Waals surface area contributed by atoms with E-state index in [1.165, 1.54) is 13.1 Å². The number of rotatable bonds is 5. The van der Waals surface area contributed by atoms with Gasteiger partial charge in [-0.25, -0.2) is 0 Å². The Morgan fingerprint density at radius 3 is 2.67 bits per heavy atom. The second-order valence-electron chi connectivity index (χ2n) is 5.62. The van der Waals surface area contributed by atoms with Crippen LogP contribution >= 0.6 is 23.2 Å². The smallest absolute Gasteiger partial charge is 0.138 e. The fourth-order valence-electron chi connectivity index (χ4n) is 2.88. The molecule has 0 aliphatic carbocycles. The summed E-state index contributed by atoms with van der Waals surface area (Å²) in [5.74, 6) is 0.709. The van der Waals surface area contributed by atoms with Gasteiger partial charge in [0.25, 0.3) is 0 Å². The van der Waals surface area contributed by atoms with Crippen molar-refractivity contribution in [2.45, 2.75) is 6.04 Å². The lowest BCUT2D eigenvalue weighted by molar-refractivity contribution is 0.0202. The molecule has 3 rings (SSSR count). The molecule has 2 fully saturated rings. The first-order chi connectivity index (χ1) is 10.2. The van der Waals surface area contributed by atoms with Gasteiger partial charge in [-0.15, -0.1) is 0 Å². The standard InChI is InChI=1S/C15H21Cl2N3O/c16-12-1-2-15(14(17)9-12)21-8-7-19-10-13(11-19)20-5-3-18-4-6-20/h1-2,9,13,18H,3-8,10-11H2. The van der Waals surface area contributed by atoms with Crippen LogP contribution in [0.1, 0.15) is 0 Å². The zero-order valence-corrected chi connectivity index (χ0v) is 13.5. The highest BCUT2D eigenvalue weighted by atomic mass is 35.5. The van der Waals surface area contributed by atoms with Crippen molar-refractivity contribution < 1.29 is 4.74 Å². The van der Waals surface area contributed by atoms with E-state index in [-0.39, 0.29) is 0 Å². The van der Waals surface area contributed by atoms with Crippen LogP contribution in [0.3, 0.4) is 0 Å². The molecule has 1 N–H and O–H groups in total. The van der Waals surface area contributed by atoms with Crippen LogP contribution in [-0.4, -0.2) is 68.3 Å². The number of ether oxygens (including phenoxy) is 1. The number of hydrogen-bond acceptors (Lipinski definition) is 4. The van der Waals surface area contributed by atoms with Gasteiger partial charge in [-0.3, -0.25) is 9.80 Å². The Bertz CT molecular complexity index is 474. The molecule has 0 spiro atoms. The Hall–Kier alpha value is -0.520. The normalized spacial score (nSPS) is 21.2. The van der Waals surface area contributed by atoms with Gasteiger partial charge in [0.1, 0.15) is 12.4 Å². The Morgan fingerprint density at radius 1 is 1.19 bits per heavy atom. The minimum Gasteiger partial charge on any atom is -0.491 e. The maximum Gasteiger partial charge on any atom is 0.138 e. The third kappa shape index (κ3) is 4.02. The minimum absolute atomic E-state index is 0.574. The van der Waals surface area contributed by atoms with E-state index in [9.17, 15) is 0 Å². The maximum atomic E-state index is 6.08. The molecule has 1 aromatic rings. The highest BCUT2D eigenvalue weighted by Gasteiger charge is 2.31. The monoisotopic (exact) mass is 329 g/mol.